The molecule has 0 aliphatic carbocycles. The van der Waals surface area contributed by atoms with Gasteiger partial charge in [0.1, 0.15) is 18.4 Å². The van der Waals surface area contributed by atoms with Crippen molar-refractivity contribution in [3.63, 3.8) is 0 Å². The van der Waals surface area contributed by atoms with Gasteiger partial charge >= 0.3 is 5.97 Å². The summed E-state index contributed by atoms with van der Waals surface area (Å²) in [5.41, 5.74) is 3.31. The summed E-state index contributed by atoms with van der Waals surface area (Å²) in [5, 5.41) is 0.629. The summed E-state index contributed by atoms with van der Waals surface area (Å²) in [5.74, 6) is -0.0960. The molecule has 1 N–H and O–H groups in total. The van der Waals surface area contributed by atoms with E-state index >= 15 is 0 Å². The first-order chi connectivity index (χ1) is 19.6. The molecule has 1 saturated heterocycles. The molecule has 1 heterocycles. The van der Waals surface area contributed by atoms with Crippen molar-refractivity contribution in [3.8, 4) is 5.75 Å². The third kappa shape index (κ3) is 8.55. The number of amides is 1. The Hall–Kier alpha value is -3.40. The molecule has 4 rings (SSSR count). The molecule has 0 radical (unpaired) electrons. The van der Waals surface area contributed by atoms with Gasteiger partial charge in [0.25, 0.3) is 0 Å². The van der Waals surface area contributed by atoms with Crippen LogP contribution in [0.2, 0.25) is 5.02 Å². The van der Waals surface area contributed by atoms with Crippen LogP contribution >= 0.6 is 11.6 Å². The highest BCUT2D eigenvalue weighted by atomic mass is 35.5. The summed E-state index contributed by atoms with van der Waals surface area (Å²) in [6.07, 6.45) is 2.89. The highest BCUT2D eigenvalue weighted by Gasteiger charge is 2.31. The number of nitrogens with zero attached hydrogens (tertiary/aromatic N) is 1. The maximum absolute atomic E-state index is 13.8. The maximum Gasteiger partial charge on any atom is 0.309 e. The zero-order chi connectivity index (χ0) is 29.4. The summed E-state index contributed by atoms with van der Waals surface area (Å²) < 4.78 is 39.9. The summed E-state index contributed by atoms with van der Waals surface area (Å²) in [4.78, 5) is 27.5. The molecule has 218 valence electrons. The number of benzene rings is 3. The molecule has 0 aromatic heterocycles. The van der Waals surface area contributed by atoms with Crippen LogP contribution in [0.5, 0.6) is 5.75 Å². The molecule has 1 aliphatic rings. The lowest BCUT2D eigenvalue weighted by Gasteiger charge is -2.30. The van der Waals surface area contributed by atoms with Crippen LogP contribution in [-0.4, -0.2) is 44.9 Å². The van der Waals surface area contributed by atoms with Gasteiger partial charge in [0.2, 0.25) is 15.9 Å². The second-order valence-corrected chi connectivity index (χ2v) is 12.4. The summed E-state index contributed by atoms with van der Waals surface area (Å²) in [7, 11) is -2.55. The van der Waals surface area contributed by atoms with Crippen LogP contribution < -0.4 is 9.46 Å². The predicted molar refractivity (Wildman–Crippen MR) is 157 cm³/mol. The largest absolute Gasteiger partial charge is 0.489 e. The minimum atomic E-state index is -3.89. The Balaban J connectivity index is 1.57. The Labute approximate surface area is 246 Å². The van der Waals surface area contributed by atoms with E-state index in [0.717, 1.165) is 41.5 Å². The number of carbonyl (C=O) groups excluding carboxylic acids is 2. The van der Waals surface area contributed by atoms with Crippen LogP contribution in [0.15, 0.2) is 71.6 Å². The molecule has 0 spiro atoms. The molecular formula is C31H35ClN2O6S. The molecule has 1 atom stereocenters. The number of hydrogen-bond donors (Lipinski definition) is 1. The molecule has 8 nitrogen and oxygen atoms in total. The maximum atomic E-state index is 13.8. The Morgan fingerprint density at radius 3 is 2.41 bits per heavy atom. The summed E-state index contributed by atoms with van der Waals surface area (Å²) in [6, 6.07) is 18.4. The molecule has 3 aromatic rings. The van der Waals surface area contributed by atoms with Crippen molar-refractivity contribution in [3.05, 3.63) is 94.0 Å². The lowest BCUT2D eigenvalue weighted by molar-refractivity contribution is -0.139. The second-order valence-electron chi connectivity index (χ2n) is 10.2. The van der Waals surface area contributed by atoms with Crippen LogP contribution in [0.25, 0.3) is 0 Å². The normalized spacial score (nSPS) is 16.1. The Bertz CT molecular complexity index is 1460. The van der Waals surface area contributed by atoms with Crippen LogP contribution in [0.4, 0.5) is 0 Å². The quantitative estimate of drug-likeness (QED) is 0.322. The lowest BCUT2D eigenvalue weighted by atomic mass is 10.0. The molecule has 10 heteroatoms. The fourth-order valence-electron chi connectivity index (χ4n) is 4.71. The van der Waals surface area contributed by atoms with E-state index in [1.807, 2.05) is 25.1 Å². The van der Waals surface area contributed by atoms with Crippen molar-refractivity contribution in [2.75, 3.05) is 13.7 Å². The van der Waals surface area contributed by atoms with Gasteiger partial charge in [-0.2, -0.15) is 4.72 Å². The molecule has 0 saturated carbocycles. The Morgan fingerprint density at radius 2 is 1.71 bits per heavy atom. The topological polar surface area (TPSA) is 102 Å². The number of esters is 1. The molecule has 1 amide bonds. The van der Waals surface area contributed by atoms with Gasteiger partial charge in [0, 0.05) is 23.7 Å². The highest BCUT2D eigenvalue weighted by molar-refractivity contribution is 7.89. The number of methoxy groups -OCH3 is 1. The number of carbonyl (C=O) groups is 2. The Morgan fingerprint density at radius 1 is 1.00 bits per heavy atom. The molecule has 41 heavy (non-hydrogen) atoms. The lowest BCUT2D eigenvalue weighted by Crippen LogP contribution is -2.49. The van der Waals surface area contributed by atoms with E-state index in [1.165, 1.54) is 7.11 Å². The minimum Gasteiger partial charge on any atom is -0.489 e. The number of rotatable bonds is 10. The van der Waals surface area contributed by atoms with Crippen LogP contribution in [0, 0.1) is 6.92 Å². The fourth-order valence-corrected chi connectivity index (χ4v) is 6.06. The van der Waals surface area contributed by atoms with Crippen molar-refractivity contribution < 1.29 is 27.5 Å². The first-order valence-electron chi connectivity index (χ1n) is 13.6. The third-order valence-corrected chi connectivity index (χ3v) is 8.77. The number of sulfonamides is 1. The zero-order valence-corrected chi connectivity index (χ0v) is 24.8. The average molecular weight is 599 g/mol. The number of hydrogen-bond acceptors (Lipinski definition) is 6. The van der Waals surface area contributed by atoms with Crippen LogP contribution in [0.1, 0.15) is 47.9 Å². The van der Waals surface area contributed by atoms with Crippen molar-refractivity contribution >= 4 is 33.5 Å². The van der Waals surface area contributed by atoms with E-state index in [1.54, 1.807) is 53.4 Å². The van der Waals surface area contributed by atoms with Gasteiger partial charge < -0.3 is 14.4 Å². The van der Waals surface area contributed by atoms with Crippen molar-refractivity contribution in [1.29, 1.82) is 0 Å². The van der Waals surface area contributed by atoms with Crippen LogP contribution in [-0.2, 0) is 43.9 Å². The van der Waals surface area contributed by atoms with Gasteiger partial charge in [0.15, 0.2) is 0 Å². The van der Waals surface area contributed by atoms with E-state index < -0.39 is 16.1 Å². The van der Waals surface area contributed by atoms with E-state index in [9.17, 15) is 18.0 Å². The Kier molecular flexibility index (Phi) is 10.4. The number of aryl methyl sites for hydroxylation is 1. The van der Waals surface area contributed by atoms with Gasteiger partial charge in [-0.25, -0.2) is 8.42 Å². The van der Waals surface area contributed by atoms with E-state index in [0.29, 0.717) is 23.7 Å². The first-order valence-corrected chi connectivity index (χ1v) is 15.4. The third-order valence-electron chi connectivity index (χ3n) is 7.03. The monoisotopic (exact) mass is 598 g/mol. The van der Waals surface area contributed by atoms with E-state index in [4.69, 9.17) is 21.1 Å². The summed E-state index contributed by atoms with van der Waals surface area (Å²) in [6.45, 7) is 2.84. The average Bonchev–Trinajstić information content (AvgIpc) is 2.95. The minimum absolute atomic E-state index is 0.0773. The zero-order valence-electron chi connectivity index (χ0n) is 23.3. The standard InChI is InChI=1S/C31H35ClN2O6S/c1-22-7-14-27(15-8-22)41(37,38)33-28-6-4-3-5-17-34(31(28)36)20-25-18-24(19-30(35)39-2)11-16-29(25)40-21-23-9-12-26(32)13-10-23/h7-16,18,28,33H,3-6,17,19-21H2,1-2H3/t28-/m1/s1. The van der Waals surface area contributed by atoms with Crippen molar-refractivity contribution in [2.45, 2.75) is 63.1 Å². The van der Waals surface area contributed by atoms with E-state index in [-0.39, 0.29) is 36.3 Å². The number of nitrogens with one attached hydrogen (secondary N) is 1. The van der Waals surface area contributed by atoms with Gasteiger partial charge in [-0.15, -0.1) is 0 Å². The predicted octanol–water partition coefficient (Wildman–Crippen LogP) is 5.19. The van der Waals surface area contributed by atoms with Gasteiger partial charge in [-0.1, -0.05) is 60.3 Å². The second kappa shape index (κ2) is 14.0. The van der Waals surface area contributed by atoms with Crippen molar-refractivity contribution in [1.82, 2.24) is 9.62 Å². The number of likely N-dealkylation sites (tertiary alicyclic amines) is 1. The molecule has 0 unspecified atom stereocenters. The molecule has 3 aromatic carbocycles. The molecule has 0 bridgehead atoms. The number of ether oxygens (including phenoxy) is 2. The highest BCUT2D eigenvalue weighted by Crippen LogP contribution is 2.26. The van der Waals surface area contributed by atoms with Gasteiger partial charge in [0.05, 0.1) is 18.4 Å². The van der Waals surface area contributed by atoms with Gasteiger partial charge in [-0.05, 0) is 67.3 Å². The molecular weight excluding hydrogens is 564 g/mol. The summed E-state index contributed by atoms with van der Waals surface area (Å²) >= 11 is 6.01. The molecule has 1 fully saturated rings. The SMILES string of the molecule is COC(=O)Cc1ccc(OCc2ccc(Cl)cc2)c(CN2CCCCC[C@@H](NS(=O)(=O)c3ccc(C)cc3)C2=O)c1. The number of halogens is 1. The molecule has 1 aliphatic heterocycles. The van der Waals surface area contributed by atoms with Crippen molar-refractivity contribution in [2.24, 2.45) is 0 Å². The van der Waals surface area contributed by atoms with Gasteiger partial charge in [-0.3, -0.25) is 9.59 Å². The van der Waals surface area contributed by atoms with E-state index in [2.05, 4.69) is 4.72 Å². The smallest absolute Gasteiger partial charge is 0.309 e. The first kappa shape index (κ1) is 30.6. The van der Waals surface area contributed by atoms with Crippen LogP contribution in [0.3, 0.4) is 0 Å². The fraction of sp³-hybridized carbons (Fsp3) is 0.355.